The van der Waals surface area contributed by atoms with Crippen LogP contribution in [0.2, 0.25) is 0 Å². The zero-order valence-electron chi connectivity index (χ0n) is 34.2. The van der Waals surface area contributed by atoms with Gasteiger partial charge in [0, 0.05) is 19.4 Å². The van der Waals surface area contributed by atoms with Gasteiger partial charge in [0.05, 0.1) is 0 Å². The number of allylic oxidation sites excluding steroid dienone is 4. The average Bonchev–Trinajstić information content (AvgIpc) is 3.14. The van der Waals surface area contributed by atoms with Crippen LogP contribution in [0.4, 0.5) is 4.79 Å². The minimum Gasteiger partial charge on any atom is -0.463 e. The first-order chi connectivity index (χ1) is 25.5. The highest BCUT2D eigenvalue weighted by atomic mass is 16.6. The van der Waals surface area contributed by atoms with Crippen LogP contribution in [0.3, 0.4) is 0 Å². The smallest absolute Gasteiger partial charge is 0.407 e. The number of hydrogen-bond acceptors (Lipinski definition) is 7. The van der Waals surface area contributed by atoms with Gasteiger partial charge in [0.15, 0.2) is 0 Å². The van der Waals surface area contributed by atoms with Gasteiger partial charge in [0.2, 0.25) is 0 Å². The molecule has 1 amide bonds. The van der Waals surface area contributed by atoms with E-state index in [0.717, 1.165) is 57.9 Å². The van der Waals surface area contributed by atoms with Crippen molar-refractivity contribution in [2.45, 2.75) is 207 Å². The third-order valence-corrected chi connectivity index (χ3v) is 9.26. The van der Waals surface area contributed by atoms with Crippen LogP contribution in [0.25, 0.3) is 0 Å². The van der Waals surface area contributed by atoms with Crippen LogP contribution in [0.1, 0.15) is 201 Å². The van der Waals surface area contributed by atoms with Crippen molar-refractivity contribution < 1.29 is 28.6 Å². The SMILES string of the molecule is CCCCCCCCC=CCCCCCCCC(=O)OCC(COC(=O)CCCCCCCC=CCCCCCCCC)NC(=O)OCCNCC. The Labute approximate surface area is 320 Å². The first kappa shape index (κ1) is 49.6. The molecule has 304 valence electrons. The topological polar surface area (TPSA) is 103 Å². The Morgan fingerprint density at radius 2 is 0.846 bits per heavy atom. The van der Waals surface area contributed by atoms with Crippen molar-refractivity contribution in [1.29, 1.82) is 0 Å². The summed E-state index contributed by atoms with van der Waals surface area (Å²) in [6, 6.07) is -0.664. The number of hydrogen-bond donors (Lipinski definition) is 2. The van der Waals surface area contributed by atoms with E-state index in [-0.39, 0.29) is 31.8 Å². The summed E-state index contributed by atoms with van der Waals surface area (Å²) in [6.45, 7) is 7.92. The molecule has 0 unspecified atom stereocenters. The molecule has 2 N–H and O–H groups in total. The number of carbonyl (C=O) groups excluding carboxylic acids is 3. The third-order valence-electron chi connectivity index (χ3n) is 9.26. The van der Waals surface area contributed by atoms with E-state index in [0.29, 0.717) is 19.4 Å². The molecule has 0 aromatic heterocycles. The molecule has 0 saturated heterocycles. The van der Waals surface area contributed by atoms with Gasteiger partial charge in [-0.15, -0.1) is 0 Å². The van der Waals surface area contributed by atoms with Crippen molar-refractivity contribution in [1.82, 2.24) is 10.6 Å². The lowest BCUT2D eigenvalue weighted by atomic mass is 10.1. The Bertz CT molecular complexity index is 806. The van der Waals surface area contributed by atoms with E-state index in [1.54, 1.807) is 0 Å². The van der Waals surface area contributed by atoms with Crippen LogP contribution >= 0.6 is 0 Å². The molecule has 0 heterocycles. The largest absolute Gasteiger partial charge is 0.463 e. The van der Waals surface area contributed by atoms with E-state index in [2.05, 4.69) is 48.8 Å². The first-order valence-corrected chi connectivity index (χ1v) is 21.8. The maximum Gasteiger partial charge on any atom is 0.407 e. The fourth-order valence-electron chi connectivity index (χ4n) is 5.94. The minimum absolute atomic E-state index is 0.0626. The van der Waals surface area contributed by atoms with E-state index in [4.69, 9.17) is 14.2 Å². The molecule has 0 aromatic carbocycles. The van der Waals surface area contributed by atoms with E-state index in [9.17, 15) is 14.4 Å². The van der Waals surface area contributed by atoms with Crippen molar-refractivity contribution in [2.24, 2.45) is 0 Å². The zero-order valence-corrected chi connectivity index (χ0v) is 34.2. The molecule has 8 heteroatoms. The molecular weight excluding hydrogens is 652 g/mol. The highest BCUT2D eigenvalue weighted by Crippen LogP contribution is 2.12. The van der Waals surface area contributed by atoms with Gasteiger partial charge in [-0.3, -0.25) is 9.59 Å². The summed E-state index contributed by atoms with van der Waals surface area (Å²) >= 11 is 0. The normalized spacial score (nSPS) is 12.1. The number of esters is 2. The fraction of sp³-hybridized carbons (Fsp3) is 0.841. The highest BCUT2D eigenvalue weighted by Gasteiger charge is 2.18. The maximum atomic E-state index is 12.4. The van der Waals surface area contributed by atoms with Crippen LogP contribution < -0.4 is 10.6 Å². The Balaban J connectivity index is 4.14. The summed E-state index contributed by atoms with van der Waals surface area (Å²) in [5.74, 6) is -0.603. The molecule has 0 spiro atoms. The van der Waals surface area contributed by atoms with Gasteiger partial charge in [-0.05, 0) is 70.8 Å². The average molecular weight is 735 g/mol. The number of ether oxygens (including phenoxy) is 3. The van der Waals surface area contributed by atoms with Crippen LogP contribution in [0.5, 0.6) is 0 Å². The number of alkyl carbamates (subject to hydrolysis) is 1. The number of rotatable bonds is 39. The lowest BCUT2D eigenvalue weighted by molar-refractivity contribution is -0.147. The van der Waals surface area contributed by atoms with Gasteiger partial charge < -0.3 is 24.8 Å². The summed E-state index contributed by atoms with van der Waals surface area (Å²) in [5, 5.41) is 5.79. The molecule has 0 atom stereocenters. The fourth-order valence-corrected chi connectivity index (χ4v) is 5.94. The standard InChI is InChI=1S/C44H82N2O6/c1-4-7-9-11-13-15-17-19-21-23-25-27-29-31-33-35-42(47)51-39-41(46-44(49)50-38-37-45-6-3)40-52-43(48)36-34-32-30-28-26-24-22-20-18-16-14-12-10-8-5-2/h19-22,41,45H,4-18,23-40H2,1-3H3,(H,46,49). The monoisotopic (exact) mass is 735 g/mol. The third kappa shape index (κ3) is 38.9. The van der Waals surface area contributed by atoms with Crippen LogP contribution in [0, 0.1) is 0 Å². The van der Waals surface area contributed by atoms with Crippen molar-refractivity contribution in [2.75, 3.05) is 32.9 Å². The second kappa shape index (κ2) is 41.4. The van der Waals surface area contributed by atoms with E-state index < -0.39 is 12.1 Å². The zero-order chi connectivity index (χ0) is 38.0. The van der Waals surface area contributed by atoms with Crippen molar-refractivity contribution in [3.05, 3.63) is 24.3 Å². The van der Waals surface area contributed by atoms with Gasteiger partial charge in [-0.1, -0.05) is 148 Å². The van der Waals surface area contributed by atoms with Crippen molar-refractivity contribution in [3.63, 3.8) is 0 Å². The molecule has 0 aliphatic rings. The van der Waals surface area contributed by atoms with E-state index >= 15 is 0 Å². The summed E-state index contributed by atoms with van der Waals surface area (Å²) in [4.78, 5) is 37.2. The van der Waals surface area contributed by atoms with Crippen molar-refractivity contribution >= 4 is 18.0 Å². The molecule has 0 aromatic rings. The maximum absolute atomic E-state index is 12.4. The Kier molecular flexibility index (Phi) is 39.5. The summed E-state index contributed by atoms with van der Waals surface area (Å²) in [6.07, 6.45) is 40.6. The first-order valence-electron chi connectivity index (χ1n) is 21.8. The Morgan fingerprint density at radius 3 is 1.23 bits per heavy atom. The summed E-state index contributed by atoms with van der Waals surface area (Å²) in [5.41, 5.74) is 0. The summed E-state index contributed by atoms with van der Waals surface area (Å²) < 4.78 is 16.1. The number of carbonyl (C=O) groups is 3. The molecule has 0 bridgehead atoms. The predicted octanol–water partition coefficient (Wildman–Crippen LogP) is 11.9. The van der Waals surface area contributed by atoms with Crippen LogP contribution in [-0.4, -0.2) is 57.0 Å². The quantitative estimate of drug-likeness (QED) is 0.0280. The lowest BCUT2D eigenvalue weighted by Crippen LogP contribution is -2.43. The minimum atomic E-state index is -0.664. The highest BCUT2D eigenvalue weighted by molar-refractivity contribution is 5.70. The number of likely N-dealkylation sites (N-methyl/N-ethyl adjacent to an activating group) is 1. The molecule has 0 saturated carbocycles. The molecule has 0 fully saturated rings. The van der Waals surface area contributed by atoms with E-state index in [1.807, 2.05) is 6.92 Å². The second-order valence-corrected chi connectivity index (χ2v) is 14.4. The number of unbranched alkanes of at least 4 members (excludes halogenated alkanes) is 22. The number of nitrogens with one attached hydrogen (secondary N) is 2. The second-order valence-electron chi connectivity index (χ2n) is 14.4. The molecule has 8 nitrogen and oxygen atoms in total. The lowest BCUT2D eigenvalue weighted by Gasteiger charge is -2.19. The van der Waals surface area contributed by atoms with Crippen LogP contribution in [0.15, 0.2) is 24.3 Å². The number of amides is 1. The molecule has 0 radical (unpaired) electrons. The van der Waals surface area contributed by atoms with Gasteiger partial charge in [0.25, 0.3) is 0 Å². The van der Waals surface area contributed by atoms with Crippen LogP contribution in [-0.2, 0) is 23.8 Å². The van der Waals surface area contributed by atoms with E-state index in [1.165, 1.54) is 116 Å². The van der Waals surface area contributed by atoms with Gasteiger partial charge in [0.1, 0.15) is 25.9 Å². The molecule has 52 heavy (non-hydrogen) atoms. The van der Waals surface area contributed by atoms with Crippen molar-refractivity contribution in [3.8, 4) is 0 Å². The molecular formula is C44H82N2O6. The summed E-state index contributed by atoms with van der Waals surface area (Å²) in [7, 11) is 0. The molecule has 0 aliphatic carbocycles. The van der Waals surface area contributed by atoms with Gasteiger partial charge in [-0.25, -0.2) is 4.79 Å². The molecule has 0 rings (SSSR count). The van der Waals surface area contributed by atoms with Gasteiger partial charge >= 0.3 is 18.0 Å². The molecule has 0 aliphatic heterocycles. The van der Waals surface area contributed by atoms with Gasteiger partial charge in [-0.2, -0.15) is 0 Å². The Hall–Kier alpha value is -2.35. The Morgan fingerprint density at radius 1 is 0.481 bits per heavy atom. The predicted molar refractivity (Wildman–Crippen MR) is 218 cm³/mol.